The van der Waals surface area contributed by atoms with Gasteiger partial charge in [0.25, 0.3) is 0 Å². The summed E-state index contributed by atoms with van der Waals surface area (Å²) in [6.45, 7) is 3.77. The van der Waals surface area contributed by atoms with Crippen molar-refractivity contribution in [3.63, 3.8) is 0 Å². The molecule has 7 heteroatoms. The minimum absolute atomic E-state index is 0.125. The van der Waals surface area contributed by atoms with Crippen molar-refractivity contribution in [3.05, 3.63) is 65.4 Å². The fourth-order valence-corrected chi connectivity index (χ4v) is 4.99. The summed E-state index contributed by atoms with van der Waals surface area (Å²) >= 11 is 0. The van der Waals surface area contributed by atoms with Crippen molar-refractivity contribution in [2.45, 2.75) is 19.4 Å². The van der Waals surface area contributed by atoms with Gasteiger partial charge in [0, 0.05) is 50.0 Å². The predicted octanol–water partition coefficient (Wildman–Crippen LogP) is 3.11. The maximum absolute atomic E-state index is 13.0. The molecule has 0 atom stereocenters. The third kappa shape index (κ3) is 3.73. The zero-order valence-electron chi connectivity index (χ0n) is 18.3. The second-order valence-corrected chi connectivity index (χ2v) is 8.70. The van der Waals surface area contributed by atoms with E-state index in [-0.39, 0.29) is 5.91 Å². The minimum Gasteiger partial charge on any atom is -0.465 e. The molecule has 0 saturated carbocycles. The molecule has 3 heterocycles. The fraction of sp³-hybridized carbons (Fsp3) is 0.360. The number of amides is 2. The van der Waals surface area contributed by atoms with E-state index in [0.29, 0.717) is 26.2 Å². The van der Waals surface area contributed by atoms with Crippen LogP contribution in [0.15, 0.2) is 48.5 Å². The Hall–Kier alpha value is -3.32. The number of hydrogen-bond donors (Lipinski definition) is 1. The highest BCUT2D eigenvalue weighted by Crippen LogP contribution is 2.33. The van der Waals surface area contributed by atoms with E-state index < -0.39 is 6.09 Å². The number of carboxylic acid groups (broad SMARTS) is 1. The van der Waals surface area contributed by atoms with Gasteiger partial charge in [0.1, 0.15) is 0 Å². The molecule has 0 radical (unpaired) electrons. The smallest absolute Gasteiger partial charge is 0.407 e. The van der Waals surface area contributed by atoms with Crippen LogP contribution in [0.25, 0.3) is 10.9 Å². The molecule has 7 nitrogen and oxygen atoms in total. The number of benzene rings is 2. The lowest BCUT2D eigenvalue weighted by Crippen LogP contribution is -2.50. The monoisotopic (exact) mass is 432 g/mol. The van der Waals surface area contributed by atoms with E-state index >= 15 is 0 Å². The number of carbonyl (C=O) groups excluding carboxylic acids is 1. The normalized spacial score (nSPS) is 17.1. The first-order chi connectivity index (χ1) is 15.5. The van der Waals surface area contributed by atoms with Crippen LogP contribution in [-0.2, 0) is 31.2 Å². The lowest BCUT2D eigenvalue weighted by molar-refractivity contribution is -0.121. The number of aromatic nitrogens is 1. The molecule has 166 valence electrons. The Bertz CT molecular complexity index is 1170. The topological polar surface area (TPSA) is 69.0 Å². The highest BCUT2D eigenvalue weighted by molar-refractivity contribution is 5.98. The van der Waals surface area contributed by atoms with E-state index in [0.717, 1.165) is 48.2 Å². The zero-order chi connectivity index (χ0) is 22.2. The van der Waals surface area contributed by atoms with Crippen molar-refractivity contribution in [2.24, 2.45) is 7.05 Å². The van der Waals surface area contributed by atoms with Crippen molar-refractivity contribution < 1.29 is 14.7 Å². The first-order valence-electron chi connectivity index (χ1n) is 11.2. The van der Waals surface area contributed by atoms with E-state index in [1.165, 1.54) is 16.0 Å². The molecule has 0 spiro atoms. The molecule has 0 unspecified atom stereocenters. The first-order valence-corrected chi connectivity index (χ1v) is 11.2. The van der Waals surface area contributed by atoms with Gasteiger partial charge in [0.05, 0.1) is 18.6 Å². The molecule has 5 rings (SSSR count). The number of fused-ring (bicyclic) bond motifs is 3. The van der Waals surface area contributed by atoms with Crippen LogP contribution in [0.5, 0.6) is 0 Å². The van der Waals surface area contributed by atoms with Crippen LogP contribution in [0.1, 0.15) is 16.8 Å². The summed E-state index contributed by atoms with van der Waals surface area (Å²) < 4.78 is 2.09. The Kier molecular flexibility index (Phi) is 5.35. The second kappa shape index (κ2) is 8.31. The summed E-state index contributed by atoms with van der Waals surface area (Å²) in [5.41, 5.74) is 5.53. The molecule has 0 aliphatic carbocycles. The van der Waals surface area contributed by atoms with Gasteiger partial charge in [0.2, 0.25) is 5.91 Å². The Balaban J connectivity index is 1.32. The van der Waals surface area contributed by atoms with E-state index in [1.807, 2.05) is 24.1 Å². The van der Waals surface area contributed by atoms with Crippen molar-refractivity contribution in [1.82, 2.24) is 14.4 Å². The molecule has 1 aromatic heterocycles. The molecule has 3 aromatic rings. The molecule has 2 aromatic carbocycles. The maximum Gasteiger partial charge on any atom is 0.407 e. The quantitative estimate of drug-likeness (QED) is 0.688. The van der Waals surface area contributed by atoms with Crippen molar-refractivity contribution in [1.29, 1.82) is 0 Å². The van der Waals surface area contributed by atoms with Gasteiger partial charge in [0.15, 0.2) is 0 Å². The molecular weight excluding hydrogens is 404 g/mol. The summed E-state index contributed by atoms with van der Waals surface area (Å²) in [6, 6.07) is 16.6. The largest absolute Gasteiger partial charge is 0.465 e. The van der Waals surface area contributed by atoms with Crippen LogP contribution in [-0.4, -0.2) is 64.2 Å². The Labute approximate surface area is 187 Å². The summed E-state index contributed by atoms with van der Waals surface area (Å²) in [4.78, 5) is 29.9. The number of piperazine rings is 1. The van der Waals surface area contributed by atoms with Crippen LogP contribution in [0.2, 0.25) is 0 Å². The maximum atomic E-state index is 13.0. The number of aryl methyl sites for hydroxylation is 1. The number of hydrogen-bond acceptors (Lipinski definition) is 3. The van der Waals surface area contributed by atoms with E-state index in [9.17, 15) is 14.7 Å². The van der Waals surface area contributed by atoms with Gasteiger partial charge in [-0.2, -0.15) is 0 Å². The van der Waals surface area contributed by atoms with Crippen LogP contribution in [0, 0.1) is 0 Å². The van der Waals surface area contributed by atoms with Crippen molar-refractivity contribution in [3.8, 4) is 0 Å². The summed E-state index contributed by atoms with van der Waals surface area (Å²) in [6.07, 6.45) is 0.789. The van der Waals surface area contributed by atoms with Gasteiger partial charge in [-0.25, -0.2) is 4.79 Å². The number of carbonyl (C=O) groups is 2. The molecule has 1 saturated heterocycles. The third-order valence-electron chi connectivity index (χ3n) is 6.83. The summed E-state index contributed by atoms with van der Waals surface area (Å²) in [5, 5.41) is 10.5. The SMILES string of the molecule is Cn1c2c(c3ccc(N4CCN(CCc5ccccc5)CC4=O)cc31)CCN(C(=O)O)C2. The van der Waals surface area contributed by atoms with E-state index in [2.05, 4.69) is 45.9 Å². The van der Waals surface area contributed by atoms with Gasteiger partial charge in [-0.15, -0.1) is 0 Å². The van der Waals surface area contributed by atoms with Gasteiger partial charge >= 0.3 is 6.09 Å². The fourth-order valence-electron chi connectivity index (χ4n) is 4.99. The molecule has 2 aliphatic rings. The summed E-state index contributed by atoms with van der Waals surface area (Å²) in [7, 11) is 1.99. The Morgan fingerprint density at radius 1 is 1.03 bits per heavy atom. The van der Waals surface area contributed by atoms with Crippen LogP contribution in [0.4, 0.5) is 10.5 Å². The number of rotatable bonds is 4. The van der Waals surface area contributed by atoms with Gasteiger partial charge < -0.3 is 19.5 Å². The third-order valence-corrected chi connectivity index (χ3v) is 6.83. The van der Waals surface area contributed by atoms with Crippen LogP contribution in [0.3, 0.4) is 0 Å². The Morgan fingerprint density at radius 3 is 2.59 bits per heavy atom. The molecule has 0 bridgehead atoms. The molecule has 2 amide bonds. The van der Waals surface area contributed by atoms with E-state index in [1.54, 1.807) is 0 Å². The first kappa shape index (κ1) is 20.6. The predicted molar refractivity (Wildman–Crippen MR) is 124 cm³/mol. The van der Waals surface area contributed by atoms with Crippen molar-refractivity contribution in [2.75, 3.05) is 37.6 Å². The molecule has 1 N–H and O–H groups in total. The second-order valence-electron chi connectivity index (χ2n) is 8.70. The molecular formula is C25H28N4O3. The number of anilines is 1. The highest BCUT2D eigenvalue weighted by atomic mass is 16.4. The Morgan fingerprint density at radius 2 is 1.84 bits per heavy atom. The van der Waals surface area contributed by atoms with Crippen LogP contribution >= 0.6 is 0 Å². The molecule has 2 aliphatic heterocycles. The molecule has 32 heavy (non-hydrogen) atoms. The van der Waals surface area contributed by atoms with Crippen LogP contribution < -0.4 is 4.90 Å². The zero-order valence-corrected chi connectivity index (χ0v) is 18.3. The standard InChI is InChI=1S/C25H28N4O3/c1-26-22-15-19(7-8-20(22)21-10-12-28(25(31)32)16-23(21)26)29-14-13-27(17-24(29)30)11-9-18-5-3-2-4-6-18/h2-8,15H,9-14,16-17H2,1H3,(H,31,32). The highest BCUT2D eigenvalue weighted by Gasteiger charge is 2.28. The van der Waals surface area contributed by atoms with Gasteiger partial charge in [-0.1, -0.05) is 36.4 Å². The van der Waals surface area contributed by atoms with Gasteiger partial charge in [-0.3, -0.25) is 9.69 Å². The summed E-state index contributed by atoms with van der Waals surface area (Å²) in [5.74, 6) is 0.125. The van der Waals surface area contributed by atoms with E-state index in [4.69, 9.17) is 0 Å². The lowest BCUT2D eigenvalue weighted by Gasteiger charge is -2.34. The minimum atomic E-state index is -0.877. The van der Waals surface area contributed by atoms with Crippen molar-refractivity contribution >= 4 is 28.6 Å². The average Bonchev–Trinajstić information content (AvgIpc) is 3.09. The average molecular weight is 433 g/mol. The van der Waals surface area contributed by atoms with Gasteiger partial charge in [-0.05, 0) is 36.1 Å². The lowest BCUT2D eigenvalue weighted by atomic mass is 10.0. The number of nitrogens with zero attached hydrogens (tertiary/aromatic N) is 4. The molecule has 1 fully saturated rings.